The van der Waals surface area contributed by atoms with Crippen molar-refractivity contribution >= 4 is 27.7 Å². The minimum Gasteiger partial charge on any atom is -0.483 e. The van der Waals surface area contributed by atoms with Gasteiger partial charge in [0.05, 0.1) is 4.47 Å². The van der Waals surface area contributed by atoms with Gasteiger partial charge in [-0.2, -0.15) is 0 Å². The smallest absolute Gasteiger partial charge is 0.261 e. The van der Waals surface area contributed by atoms with E-state index < -0.39 is 6.04 Å². The predicted molar refractivity (Wildman–Crippen MR) is 142 cm³/mol. The van der Waals surface area contributed by atoms with Gasteiger partial charge in [-0.3, -0.25) is 9.59 Å². The van der Waals surface area contributed by atoms with E-state index in [-0.39, 0.29) is 29.9 Å². The number of rotatable bonds is 11. The number of ether oxygens (including phenoxy) is 1. The van der Waals surface area contributed by atoms with Gasteiger partial charge in [0.15, 0.2) is 6.61 Å². The Balaban J connectivity index is 2.18. The Hall–Kier alpha value is -2.34. The van der Waals surface area contributed by atoms with E-state index in [0.29, 0.717) is 25.1 Å². The molecule has 186 valence electrons. The lowest BCUT2D eigenvalue weighted by Crippen LogP contribution is -2.52. The molecule has 0 aromatic heterocycles. The average molecular weight is 532 g/mol. The van der Waals surface area contributed by atoms with Gasteiger partial charge in [-0.25, -0.2) is 0 Å². The molecule has 5 nitrogen and oxygen atoms in total. The van der Waals surface area contributed by atoms with Crippen molar-refractivity contribution in [3.8, 4) is 5.75 Å². The molecule has 0 saturated carbocycles. The maximum Gasteiger partial charge on any atom is 0.261 e. The third-order valence-electron chi connectivity index (χ3n) is 6.02. The topological polar surface area (TPSA) is 58.6 Å². The van der Waals surface area contributed by atoms with E-state index in [1.54, 1.807) is 4.90 Å². The summed E-state index contributed by atoms with van der Waals surface area (Å²) in [5.74, 6) is 0.296. The number of carbonyl (C=O) groups excluding carboxylic acids is 2. The summed E-state index contributed by atoms with van der Waals surface area (Å²) in [5, 5.41) is 3.04. The van der Waals surface area contributed by atoms with Crippen LogP contribution in [0, 0.1) is 0 Å². The molecule has 0 bridgehead atoms. The molecule has 2 atom stereocenters. The molecule has 6 heteroatoms. The van der Waals surface area contributed by atoms with Crippen LogP contribution < -0.4 is 10.1 Å². The molecule has 2 rings (SSSR count). The van der Waals surface area contributed by atoms with Crippen LogP contribution in [-0.2, 0) is 21.4 Å². The molecule has 2 aromatic rings. The SMILES string of the molecule is CC[C@@H](C)NC(=O)[C@@H](CC)N(CCc1ccccc1)C(=O)COc1ccc(C(C)(C)C)cc1Br. The standard InChI is InChI=1S/C28H39BrN2O3/c1-7-20(3)30-27(33)24(8-2)31(17-16-21-12-10-9-11-13-21)26(32)19-34-25-15-14-22(18-23(25)29)28(4,5)6/h9-15,18,20,24H,7-8,16-17,19H2,1-6H3,(H,30,33)/t20-,24-/m1/s1. The van der Waals surface area contributed by atoms with Gasteiger partial charge in [0.1, 0.15) is 11.8 Å². The molecular formula is C28H39BrN2O3. The van der Waals surface area contributed by atoms with Gasteiger partial charge in [-0.15, -0.1) is 0 Å². The second-order valence-corrected chi connectivity index (χ2v) is 10.6. The minimum atomic E-state index is -0.541. The molecule has 0 spiro atoms. The fourth-order valence-electron chi connectivity index (χ4n) is 3.64. The van der Waals surface area contributed by atoms with Crippen LogP contribution in [0.1, 0.15) is 65.5 Å². The van der Waals surface area contributed by atoms with Gasteiger partial charge in [-0.1, -0.05) is 71.0 Å². The van der Waals surface area contributed by atoms with Crippen LogP contribution >= 0.6 is 15.9 Å². The van der Waals surface area contributed by atoms with Crippen LogP contribution in [0.4, 0.5) is 0 Å². The molecule has 2 aromatic carbocycles. The van der Waals surface area contributed by atoms with E-state index in [2.05, 4.69) is 42.0 Å². The van der Waals surface area contributed by atoms with Crippen molar-refractivity contribution in [2.45, 2.75) is 78.3 Å². The van der Waals surface area contributed by atoms with Crippen molar-refractivity contribution in [1.82, 2.24) is 10.2 Å². The summed E-state index contributed by atoms with van der Waals surface area (Å²) in [6.45, 7) is 12.7. The first-order valence-electron chi connectivity index (χ1n) is 12.1. The van der Waals surface area contributed by atoms with E-state index in [1.807, 2.05) is 69.3 Å². The highest BCUT2D eigenvalue weighted by atomic mass is 79.9. The molecule has 0 heterocycles. The zero-order chi connectivity index (χ0) is 25.3. The summed E-state index contributed by atoms with van der Waals surface area (Å²) in [6.07, 6.45) is 2.04. The van der Waals surface area contributed by atoms with E-state index in [0.717, 1.165) is 16.5 Å². The molecule has 1 N–H and O–H groups in total. The highest BCUT2D eigenvalue weighted by molar-refractivity contribution is 9.10. The fourth-order valence-corrected chi connectivity index (χ4v) is 4.14. The van der Waals surface area contributed by atoms with Crippen molar-refractivity contribution in [3.05, 3.63) is 64.1 Å². The zero-order valence-electron chi connectivity index (χ0n) is 21.4. The van der Waals surface area contributed by atoms with Crippen LogP contribution in [0.25, 0.3) is 0 Å². The Kier molecular flexibility index (Phi) is 10.6. The van der Waals surface area contributed by atoms with E-state index in [4.69, 9.17) is 4.74 Å². The lowest BCUT2D eigenvalue weighted by Gasteiger charge is -2.31. The highest BCUT2D eigenvalue weighted by Gasteiger charge is 2.29. The molecular weight excluding hydrogens is 492 g/mol. The first-order valence-corrected chi connectivity index (χ1v) is 12.9. The number of hydrogen-bond acceptors (Lipinski definition) is 3. The summed E-state index contributed by atoms with van der Waals surface area (Å²) >= 11 is 3.57. The number of nitrogens with zero attached hydrogens (tertiary/aromatic N) is 1. The minimum absolute atomic E-state index is 0.0163. The third-order valence-corrected chi connectivity index (χ3v) is 6.64. The average Bonchev–Trinajstić information content (AvgIpc) is 2.80. The fraction of sp³-hybridized carbons (Fsp3) is 0.500. The molecule has 0 radical (unpaired) electrons. The van der Waals surface area contributed by atoms with Gasteiger partial charge < -0.3 is 15.0 Å². The zero-order valence-corrected chi connectivity index (χ0v) is 22.9. The van der Waals surface area contributed by atoms with E-state index in [9.17, 15) is 9.59 Å². The lowest BCUT2D eigenvalue weighted by molar-refractivity contribution is -0.142. The molecule has 2 amide bonds. The summed E-state index contributed by atoms with van der Waals surface area (Å²) in [6, 6.07) is 15.5. The molecule has 0 unspecified atom stereocenters. The molecule has 0 aliphatic carbocycles. The van der Waals surface area contributed by atoms with Gasteiger partial charge in [0.2, 0.25) is 5.91 Å². The quantitative estimate of drug-likeness (QED) is 0.394. The Bertz CT molecular complexity index is 940. The molecule has 0 aliphatic heterocycles. The monoisotopic (exact) mass is 530 g/mol. The normalized spacial score (nSPS) is 13.1. The maximum absolute atomic E-state index is 13.3. The predicted octanol–water partition coefficient (Wildman–Crippen LogP) is 5.89. The van der Waals surface area contributed by atoms with Gasteiger partial charge in [-0.05, 0) is 70.8 Å². The van der Waals surface area contributed by atoms with Gasteiger partial charge in [0, 0.05) is 12.6 Å². The Morgan fingerprint density at radius 2 is 1.74 bits per heavy atom. The molecule has 34 heavy (non-hydrogen) atoms. The van der Waals surface area contributed by atoms with E-state index in [1.165, 1.54) is 5.56 Å². The van der Waals surface area contributed by atoms with Crippen LogP contribution in [0.5, 0.6) is 5.75 Å². The van der Waals surface area contributed by atoms with Gasteiger partial charge >= 0.3 is 0 Å². The Labute approximate surface area is 213 Å². The third kappa shape index (κ3) is 8.15. The molecule has 0 saturated heterocycles. The van der Waals surface area contributed by atoms with Crippen molar-refractivity contribution in [2.75, 3.05) is 13.2 Å². The van der Waals surface area contributed by atoms with Gasteiger partial charge in [0.25, 0.3) is 5.91 Å². The number of amides is 2. The van der Waals surface area contributed by atoms with Crippen LogP contribution in [0.2, 0.25) is 0 Å². The Morgan fingerprint density at radius 3 is 2.29 bits per heavy atom. The number of benzene rings is 2. The number of nitrogens with one attached hydrogen (secondary N) is 1. The number of carbonyl (C=O) groups is 2. The molecule has 0 aliphatic rings. The summed E-state index contributed by atoms with van der Waals surface area (Å²) in [7, 11) is 0. The second kappa shape index (κ2) is 12.9. The first kappa shape index (κ1) is 27.9. The Morgan fingerprint density at radius 1 is 1.06 bits per heavy atom. The van der Waals surface area contributed by atoms with Crippen molar-refractivity contribution in [1.29, 1.82) is 0 Å². The largest absolute Gasteiger partial charge is 0.483 e. The van der Waals surface area contributed by atoms with Crippen LogP contribution in [0.15, 0.2) is 53.0 Å². The van der Waals surface area contributed by atoms with Crippen molar-refractivity contribution in [2.24, 2.45) is 0 Å². The van der Waals surface area contributed by atoms with Crippen LogP contribution in [0.3, 0.4) is 0 Å². The van der Waals surface area contributed by atoms with Crippen molar-refractivity contribution in [3.63, 3.8) is 0 Å². The number of halogens is 1. The summed E-state index contributed by atoms with van der Waals surface area (Å²) in [5.41, 5.74) is 2.32. The second-order valence-electron chi connectivity index (χ2n) is 9.75. The lowest BCUT2D eigenvalue weighted by atomic mass is 9.87. The first-order chi connectivity index (χ1) is 16.1. The van der Waals surface area contributed by atoms with E-state index >= 15 is 0 Å². The maximum atomic E-state index is 13.3. The summed E-state index contributed by atoms with van der Waals surface area (Å²) in [4.78, 5) is 28.0. The summed E-state index contributed by atoms with van der Waals surface area (Å²) < 4.78 is 6.72. The highest BCUT2D eigenvalue weighted by Crippen LogP contribution is 2.31. The molecule has 0 fully saturated rings. The van der Waals surface area contributed by atoms with Crippen molar-refractivity contribution < 1.29 is 14.3 Å². The van der Waals surface area contributed by atoms with Crippen LogP contribution in [-0.4, -0.2) is 41.9 Å². The number of hydrogen-bond donors (Lipinski definition) is 1.